The van der Waals surface area contributed by atoms with E-state index in [0.717, 1.165) is 0 Å². The molecule has 27 heavy (non-hydrogen) atoms. The van der Waals surface area contributed by atoms with E-state index in [9.17, 15) is 14.4 Å². The first-order valence-corrected chi connectivity index (χ1v) is 9.57. The van der Waals surface area contributed by atoms with Gasteiger partial charge in [0.05, 0.1) is 5.41 Å². The predicted octanol–water partition coefficient (Wildman–Crippen LogP) is 3.25. The standard InChI is InChI=1S/C20H29FO6/c1-16(2,3)26-14(23)19(21)9-7-8-12(19)25-15(24)20-11-10-18(6,13(22)27-20)17(20,4)5/h12H,7-11H2,1-6H3/t12-,18+,19-,20-/m1/s1. The number of rotatable bonds is 3. The van der Waals surface area contributed by atoms with Crippen LogP contribution >= 0.6 is 0 Å². The predicted molar refractivity (Wildman–Crippen MR) is 93.4 cm³/mol. The van der Waals surface area contributed by atoms with Gasteiger partial charge in [-0.25, -0.2) is 14.0 Å². The van der Waals surface area contributed by atoms with Gasteiger partial charge in [-0.15, -0.1) is 0 Å². The molecule has 0 amide bonds. The summed E-state index contributed by atoms with van der Waals surface area (Å²) in [6.07, 6.45) is 0.167. The van der Waals surface area contributed by atoms with Gasteiger partial charge < -0.3 is 14.2 Å². The van der Waals surface area contributed by atoms with Gasteiger partial charge in [-0.3, -0.25) is 4.79 Å². The van der Waals surface area contributed by atoms with E-state index in [0.29, 0.717) is 19.3 Å². The van der Waals surface area contributed by atoms with E-state index in [1.165, 1.54) is 0 Å². The molecule has 0 aromatic rings. The summed E-state index contributed by atoms with van der Waals surface area (Å²) in [6.45, 7) is 10.4. The minimum Gasteiger partial charge on any atom is -0.457 e. The number of carbonyl (C=O) groups is 3. The van der Waals surface area contributed by atoms with Crippen molar-refractivity contribution in [3.05, 3.63) is 0 Å². The van der Waals surface area contributed by atoms with Crippen LogP contribution in [0, 0.1) is 10.8 Å². The van der Waals surface area contributed by atoms with Crippen LogP contribution < -0.4 is 0 Å². The molecule has 152 valence electrons. The van der Waals surface area contributed by atoms with Gasteiger partial charge in [0.15, 0.2) is 0 Å². The van der Waals surface area contributed by atoms with Crippen molar-refractivity contribution in [2.75, 3.05) is 0 Å². The number of fused-ring (bicyclic) bond motifs is 2. The van der Waals surface area contributed by atoms with E-state index >= 15 is 4.39 Å². The number of esters is 3. The Morgan fingerprint density at radius 2 is 1.74 bits per heavy atom. The lowest BCUT2D eigenvalue weighted by Gasteiger charge is -2.36. The van der Waals surface area contributed by atoms with E-state index in [4.69, 9.17) is 14.2 Å². The Morgan fingerprint density at radius 3 is 2.22 bits per heavy atom. The van der Waals surface area contributed by atoms with Crippen LogP contribution in [0.2, 0.25) is 0 Å². The minimum absolute atomic E-state index is 0.0618. The van der Waals surface area contributed by atoms with Gasteiger partial charge in [-0.1, -0.05) is 13.8 Å². The van der Waals surface area contributed by atoms with Crippen molar-refractivity contribution in [2.24, 2.45) is 10.8 Å². The number of ether oxygens (including phenoxy) is 3. The molecule has 0 aromatic carbocycles. The minimum atomic E-state index is -2.38. The zero-order valence-electron chi connectivity index (χ0n) is 16.9. The molecule has 6 nitrogen and oxygen atoms in total. The van der Waals surface area contributed by atoms with E-state index < -0.39 is 51.7 Å². The normalized spacial score (nSPS) is 40.0. The molecule has 0 spiro atoms. The van der Waals surface area contributed by atoms with Crippen LogP contribution in [0.4, 0.5) is 4.39 Å². The summed E-state index contributed by atoms with van der Waals surface area (Å²) in [5.41, 5.74) is -6.22. The molecule has 0 aromatic heterocycles. The summed E-state index contributed by atoms with van der Waals surface area (Å²) in [5, 5.41) is 0. The van der Waals surface area contributed by atoms with Crippen LogP contribution in [-0.4, -0.2) is 40.9 Å². The molecule has 1 aliphatic heterocycles. The lowest BCUT2D eigenvalue weighted by Crippen LogP contribution is -2.53. The molecule has 3 fully saturated rings. The zero-order chi connectivity index (χ0) is 20.5. The van der Waals surface area contributed by atoms with Crippen molar-refractivity contribution in [1.29, 1.82) is 0 Å². The van der Waals surface area contributed by atoms with Gasteiger partial charge in [-0.05, 0) is 59.8 Å². The van der Waals surface area contributed by atoms with E-state index in [1.54, 1.807) is 41.5 Å². The van der Waals surface area contributed by atoms with Crippen LogP contribution in [0.15, 0.2) is 0 Å². The first kappa shape index (κ1) is 20.1. The smallest absolute Gasteiger partial charge is 0.351 e. The van der Waals surface area contributed by atoms with Crippen molar-refractivity contribution in [3.63, 3.8) is 0 Å². The maximum Gasteiger partial charge on any atom is 0.351 e. The van der Waals surface area contributed by atoms with Crippen LogP contribution in [-0.2, 0) is 28.6 Å². The van der Waals surface area contributed by atoms with Crippen molar-refractivity contribution < 1.29 is 33.0 Å². The quantitative estimate of drug-likeness (QED) is 0.549. The molecule has 0 unspecified atom stereocenters. The number of halogens is 1. The Labute approximate surface area is 159 Å². The second-order valence-corrected chi connectivity index (χ2v) is 9.82. The summed E-state index contributed by atoms with van der Waals surface area (Å²) < 4.78 is 31.7. The summed E-state index contributed by atoms with van der Waals surface area (Å²) in [4.78, 5) is 37.8. The van der Waals surface area contributed by atoms with Crippen molar-refractivity contribution in [3.8, 4) is 0 Å². The van der Waals surface area contributed by atoms with E-state index in [-0.39, 0.29) is 12.8 Å². The van der Waals surface area contributed by atoms with Gasteiger partial charge >= 0.3 is 17.9 Å². The third-order valence-electron chi connectivity index (χ3n) is 6.92. The summed E-state index contributed by atoms with van der Waals surface area (Å²) in [6, 6.07) is 0. The SMILES string of the molecule is CC(C)(C)OC(=O)[C@@]1(F)CCC[C@H]1OC(=O)[C@@]12CC[C@@](C)(C(=O)O1)C2(C)C. The topological polar surface area (TPSA) is 78.9 Å². The molecule has 2 saturated carbocycles. The Hall–Kier alpha value is -1.66. The summed E-state index contributed by atoms with van der Waals surface area (Å²) in [7, 11) is 0. The highest BCUT2D eigenvalue weighted by atomic mass is 19.1. The molecule has 3 rings (SSSR count). The van der Waals surface area contributed by atoms with Gasteiger partial charge in [0.25, 0.3) is 0 Å². The molecule has 1 saturated heterocycles. The molecule has 3 aliphatic rings. The average molecular weight is 384 g/mol. The number of carbonyl (C=O) groups excluding carboxylic acids is 3. The number of hydrogen-bond acceptors (Lipinski definition) is 6. The average Bonchev–Trinajstić information content (AvgIpc) is 3.03. The first-order chi connectivity index (χ1) is 12.2. The Bertz CT molecular complexity index is 695. The monoisotopic (exact) mass is 384 g/mol. The van der Waals surface area contributed by atoms with E-state index in [1.807, 2.05) is 0 Å². The maximum atomic E-state index is 15.5. The molecule has 7 heteroatoms. The first-order valence-electron chi connectivity index (χ1n) is 9.57. The van der Waals surface area contributed by atoms with Gasteiger partial charge in [-0.2, -0.15) is 0 Å². The van der Waals surface area contributed by atoms with Crippen LogP contribution in [0.3, 0.4) is 0 Å². The van der Waals surface area contributed by atoms with Gasteiger partial charge in [0.1, 0.15) is 11.7 Å². The lowest BCUT2D eigenvalue weighted by atomic mass is 9.66. The zero-order valence-corrected chi connectivity index (χ0v) is 16.9. The molecular formula is C20H29FO6. The van der Waals surface area contributed by atoms with Crippen molar-refractivity contribution in [2.45, 2.75) is 96.6 Å². The third kappa shape index (κ3) is 2.60. The molecule has 2 aliphatic carbocycles. The van der Waals surface area contributed by atoms with Gasteiger partial charge in [0, 0.05) is 5.41 Å². The number of hydrogen-bond donors (Lipinski definition) is 0. The highest BCUT2D eigenvalue weighted by Gasteiger charge is 2.77. The maximum absolute atomic E-state index is 15.5. The fourth-order valence-corrected chi connectivity index (χ4v) is 4.61. The highest BCUT2D eigenvalue weighted by Crippen LogP contribution is 2.66. The third-order valence-corrected chi connectivity index (χ3v) is 6.92. The Kier molecular flexibility index (Phi) is 4.22. The van der Waals surface area contributed by atoms with Crippen molar-refractivity contribution in [1.82, 2.24) is 0 Å². The molecular weight excluding hydrogens is 355 g/mol. The number of alkyl halides is 1. The van der Waals surface area contributed by atoms with Gasteiger partial charge in [0.2, 0.25) is 11.3 Å². The molecule has 1 heterocycles. The fourth-order valence-electron chi connectivity index (χ4n) is 4.61. The largest absolute Gasteiger partial charge is 0.457 e. The Balaban J connectivity index is 1.82. The van der Waals surface area contributed by atoms with E-state index in [2.05, 4.69) is 0 Å². The van der Waals surface area contributed by atoms with Crippen LogP contribution in [0.5, 0.6) is 0 Å². The molecule has 0 N–H and O–H groups in total. The highest BCUT2D eigenvalue weighted by molar-refractivity contribution is 5.94. The second-order valence-electron chi connectivity index (χ2n) is 9.82. The molecule has 4 atom stereocenters. The Morgan fingerprint density at radius 1 is 1.11 bits per heavy atom. The van der Waals surface area contributed by atoms with Crippen LogP contribution in [0.25, 0.3) is 0 Å². The van der Waals surface area contributed by atoms with Crippen LogP contribution in [0.1, 0.15) is 73.6 Å². The fraction of sp³-hybridized carbons (Fsp3) is 0.850. The lowest BCUT2D eigenvalue weighted by molar-refractivity contribution is -0.197. The second kappa shape index (κ2) is 5.67. The summed E-state index contributed by atoms with van der Waals surface area (Å²) >= 11 is 0. The van der Waals surface area contributed by atoms with Crippen molar-refractivity contribution >= 4 is 17.9 Å². The molecule has 2 bridgehead atoms. The molecule has 0 radical (unpaired) electrons. The summed E-state index contributed by atoms with van der Waals surface area (Å²) in [5.74, 6) is -2.21.